The first-order chi connectivity index (χ1) is 5.74. The maximum Gasteiger partial charge on any atom is 0.269 e. The van der Waals surface area contributed by atoms with E-state index in [4.69, 9.17) is 5.90 Å². The molecule has 0 bridgehead atoms. The van der Waals surface area contributed by atoms with Gasteiger partial charge in [-0.1, -0.05) is 0 Å². The van der Waals surface area contributed by atoms with Crippen LogP contribution in [0.1, 0.15) is 5.56 Å². The standard InChI is InChI=1S/C7H6N2O3/c8-12-5-6-1-3-7(4-2-6)9(10)11/h1-4H,5H2. The molecule has 62 valence electrons. The van der Waals surface area contributed by atoms with E-state index >= 15 is 0 Å². The number of nitrogens with zero attached hydrogens (tertiary/aromatic N) is 2. The number of hydrogen-bond acceptors (Lipinski definition) is 3. The van der Waals surface area contributed by atoms with Crippen molar-refractivity contribution in [1.82, 2.24) is 5.90 Å². The third-order valence-corrected chi connectivity index (χ3v) is 1.38. The Bertz CT molecular complexity index is 270. The molecule has 2 radical (unpaired) electrons. The van der Waals surface area contributed by atoms with Crippen LogP contribution in [0, 0.1) is 10.1 Å². The van der Waals surface area contributed by atoms with E-state index in [1.807, 2.05) is 0 Å². The molecule has 0 N–H and O–H groups in total. The van der Waals surface area contributed by atoms with Gasteiger partial charge >= 0.3 is 0 Å². The minimum absolute atomic E-state index is 0.0247. The highest BCUT2D eigenvalue weighted by atomic mass is 16.6. The summed E-state index contributed by atoms with van der Waals surface area (Å²) in [5.41, 5.74) is 0.708. The van der Waals surface area contributed by atoms with Gasteiger partial charge in [0.2, 0.25) is 0 Å². The van der Waals surface area contributed by atoms with Crippen molar-refractivity contribution in [3.8, 4) is 0 Å². The number of rotatable bonds is 3. The lowest BCUT2D eigenvalue weighted by atomic mass is 10.2. The van der Waals surface area contributed by atoms with Gasteiger partial charge in [0.05, 0.1) is 11.5 Å². The largest absolute Gasteiger partial charge is 0.269 e. The summed E-state index contributed by atoms with van der Waals surface area (Å²) in [7, 11) is 0. The zero-order chi connectivity index (χ0) is 8.97. The molecule has 0 aromatic heterocycles. The van der Waals surface area contributed by atoms with Crippen molar-refractivity contribution in [1.29, 1.82) is 0 Å². The molecule has 12 heavy (non-hydrogen) atoms. The Hall–Kier alpha value is -1.46. The summed E-state index contributed by atoms with van der Waals surface area (Å²) in [5, 5.41) is 10.2. The highest BCUT2D eigenvalue weighted by Gasteiger charge is 2.02. The summed E-state index contributed by atoms with van der Waals surface area (Å²) in [6.07, 6.45) is 0. The molecule has 1 aromatic carbocycles. The number of non-ortho nitro benzene ring substituents is 1. The van der Waals surface area contributed by atoms with Gasteiger partial charge in [-0.25, -0.2) is 0 Å². The minimum atomic E-state index is -0.483. The highest BCUT2D eigenvalue weighted by molar-refractivity contribution is 5.32. The summed E-state index contributed by atoms with van der Waals surface area (Å²) in [4.78, 5) is 13.6. The molecule has 0 aliphatic heterocycles. The summed E-state index contributed by atoms with van der Waals surface area (Å²) in [6.45, 7) is 0.0397. The number of benzene rings is 1. The van der Waals surface area contributed by atoms with Gasteiger partial charge in [-0.15, -0.1) is 0 Å². The second kappa shape index (κ2) is 3.80. The third-order valence-electron chi connectivity index (χ3n) is 1.38. The molecule has 0 atom stereocenters. The van der Waals surface area contributed by atoms with Crippen LogP contribution in [0.25, 0.3) is 0 Å². The van der Waals surface area contributed by atoms with Crippen LogP contribution in [0.15, 0.2) is 24.3 Å². The van der Waals surface area contributed by atoms with Crippen molar-refractivity contribution >= 4 is 5.69 Å². The molecule has 0 aliphatic rings. The van der Waals surface area contributed by atoms with Crippen molar-refractivity contribution < 1.29 is 9.76 Å². The second-order valence-corrected chi connectivity index (χ2v) is 2.20. The molecule has 0 amide bonds. The van der Waals surface area contributed by atoms with Crippen molar-refractivity contribution in [2.75, 3.05) is 0 Å². The summed E-state index contributed by atoms with van der Waals surface area (Å²) in [6, 6.07) is 5.76. The maximum absolute atomic E-state index is 10.2. The van der Waals surface area contributed by atoms with Crippen LogP contribution in [0.5, 0.6) is 0 Å². The number of nitro groups is 1. The molecule has 0 spiro atoms. The van der Waals surface area contributed by atoms with Gasteiger partial charge in [0, 0.05) is 18.0 Å². The van der Waals surface area contributed by atoms with Crippen LogP contribution in [0.2, 0.25) is 0 Å². The topological polar surface area (TPSA) is 74.7 Å². The molecule has 5 nitrogen and oxygen atoms in total. The van der Waals surface area contributed by atoms with Crippen LogP contribution >= 0.6 is 0 Å². The normalized spacial score (nSPS) is 9.75. The van der Waals surface area contributed by atoms with Gasteiger partial charge in [0.15, 0.2) is 0 Å². The van der Waals surface area contributed by atoms with E-state index in [2.05, 4.69) is 4.84 Å². The van der Waals surface area contributed by atoms with Gasteiger partial charge in [0.1, 0.15) is 0 Å². The first-order valence-electron chi connectivity index (χ1n) is 3.23. The first-order valence-corrected chi connectivity index (χ1v) is 3.23. The van der Waals surface area contributed by atoms with E-state index in [0.717, 1.165) is 0 Å². The molecule has 0 fully saturated rings. The number of nitro benzene ring substituents is 1. The van der Waals surface area contributed by atoms with E-state index in [1.54, 1.807) is 0 Å². The van der Waals surface area contributed by atoms with Gasteiger partial charge < -0.3 is 0 Å². The summed E-state index contributed by atoms with van der Waals surface area (Å²) >= 11 is 0. The molecular formula is C7H6N2O3. The van der Waals surface area contributed by atoms with Crippen molar-refractivity contribution in [2.24, 2.45) is 0 Å². The Morgan fingerprint density at radius 2 is 2.00 bits per heavy atom. The van der Waals surface area contributed by atoms with Crippen LogP contribution in [-0.2, 0) is 11.4 Å². The molecule has 0 unspecified atom stereocenters. The molecule has 0 saturated heterocycles. The Morgan fingerprint density at radius 3 is 2.42 bits per heavy atom. The molecular weight excluding hydrogens is 160 g/mol. The van der Waals surface area contributed by atoms with Crippen molar-refractivity contribution in [3.05, 3.63) is 39.9 Å². The lowest BCUT2D eigenvalue weighted by molar-refractivity contribution is -0.384. The Morgan fingerprint density at radius 1 is 1.42 bits per heavy atom. The highest BCUT2D eigenvalue weighted by Crippen LogP contribution is 2.11. The first kappa shape index (κ1) is 8.63. The molecule has 0 aliphatic carbocycles. The van der Waals surface area contributed by atoms with Crippen LogP contribution < -0.4 is 5.90 Å². The average molecular weight is 166 g/mol. The fourth-order valence-corrected chi connectivity index (χ4v) is 0.788. The van der Waals surface area contributed by atoms with Gasteiger partial charge in [-0.3, -0.25) is 15.0 Å². The maximum atomic E-state index is 10.2. The predicted octanol–water partition coefficient (Wildman–Crippen LogP) is 1.10. The molecule has 1 rings (SSSR count). The zero-order valence-electron chi connectivity index (χ0n) is 6.14. The fourth-order valence-electron chi connectivity index (χ4n) is 0.788. The minimum Gasteiger partial charge on any atom is -0.259 e. The summed E-state index contributed by atoms with van der Waals surface area (Å²) < 4.78 is 0. The molecule has 0 heterocycles. The molecule has 5 heteroatoms. The van der Waals surface area contributed by atoms with Crippen LogP contribution in [-0.4, -0.2) is 4.92 Å². The van der Waals surface area contributed by atoms with E-state index in [-0.39, 0.29) is 12.3 Å². The van der Waals surface area contributed by atoms with E-state index in [9.17, 15) is 10.1 Å². The zero-order valence-corrected chi connectivity index (χ0v) is 6.14. The monoisotopic (exact) mass is 166 g/mol. The SMILES string of the molecule is [N]OCc1ccc([N+](=O)[O-])cc1. The van der Waals surface area contributed by atoms with Gasteiger partial charge in [0.25, 0.3) is 5.69 Å². The van der Waals surface area contributed by atoms with Crippen molar-refractivity contribution in [3.63, 3.8) is 0 Å². The second-order valence-electron chi connectivity index (χ2n) is 2.20. The Labute approximate surface area is 68.9 Å². The third kappa shape index (κ3) is 2.01. The van der Waals surface area contributed by atoms with Gasteiger partial charge in [-0.05, 0) is 17.7 Å². The van der Waals surface area contributed by atoms with Gasteiger partial charge in [-0.2, -0.15) is 0 Å². The predicted molar refractivity (Wildman–Crippen MR) is 40.0 cm³/mol. The molecule has 1 aromatic rings. The lowest BCUT2D eigenvalue weighted by Gasteiger charge is -1.95. The van der Waals surface area contributed by atoms with Crippen molar-refractivity contribution in [2.45, 2.75) is 6.61 Å². The summed E-state index contributed by atoms with van der Waals surface area (Å²) in [5.74, 6) is 8.06. The van der Waals surface area contributed by atoms with Crippen LogP contribution in [0.4, 0.5) is 5.69 Å². The Balaban J connectivity index is 2.78. The smallest absolute Gasteiger partial charge is 0.259 e. The lowest BCUT2D eigenvalue weighted by Crippen LogP contribution is -1.91. The number of hydrogen-bond donors (Lipinski definition) is 0. The Kier molecular flexibility index (Phi) is 2.73. The van der Waals surface area contributed by atoms with E-state index < -0.39 is 4.92 Å². The molecule has 0 saturated carbocycles. The van der Waals surface area contributed by atoms with E-state index in [1.165, 1.54) is 24.3 Å². The quantitative estimate of drug-likeness (QED) is 0.498. The fraction of sp³-hybridized carbons (Fsp3) is 0.143. The average Bonchev–Trinajstić information content (AvgIpc) is 2.06. The van der Waals surface area contributed by atoms with Crippen LogP contribution in [0.3, 0.4) is 0 Å². The van der Waals surface area contributed by atoms with E-state index in [0.29, 0.717) is 5.56 Å².